The topological polar surface area (TPSA) is 146 Å². The summed E-state index contributed by atoms with van der Waals surface area (Å²) in [4.78, 5) is 33.4. The van der Waals surface area contributed by atoms with Crippen LogP contribution in [0.25, 0.3) is 16.8 Å². The van der Waals surface area contributed by atoms with Gasteiger partial charge in [0.25, 0.3) is 5.91 Å². The predicted molar refractivity (Wildman–Crippen MR) is 125 cm³/mol. The van der Waals surface area contributed by atoms with E-state index in [9.17, 15) is 9.59 Å². The first-order chi connectivity index (χ1) is 16.5. The van der Waals surface area contributed by atoms with E-state index in [0.717, 1.165) is 31.2 Å². The summed E-state index contributed by atoms with van der Waals surface area (Å²) in [6.07, 6.45) is 6.48. The van der Waals surface area contributed by atoms with Gasteiger partial charge in [0.05, 0.1) is 25.0 Å². The van der Waals surface area contributed by atoms with Crippen molar-refractivity contribution in [1.29, 1.82) is 0 Å². The molecule has 3 aromatic heterocycles. The molecule has 0 aromatic carbocycles. The maximum Gasteiger partial charge on any atom is 0.253 e. The van der Waals surface area contributed by atoms with Crippen molar-refractivity contribution in [3.63, 3.8) is 0 Å². The zero-order chi connectivity index (χ0) is 24.1. The second-order valence-electron chi connectivity index (χ2n) is 8.27. The van der Waals surface area contributed by atoms with Crippen LogP contribution in [0.2, 0.25) is 0 Å². The summed E-state index contributed by atoms with van der Waals surface area (Å²) in [7, 11) is 3.12. The fraction of sp³-hybridized carbons (Fsp3) is 0.435. The molecule has 0 bridgehead atoms. The number of nitrogens with two attached hydrogens (primary N) is 1. The van der Waals surface area contributed by atoms with E-state index in [-0.39, 0.29) is 29.7 Å². The molecule has 1 saturated carbocycles. The minimum absolute atomic E-state index is 0.00454. The molecule has 0 aliphatic heterocycles. The molecule has 4 N–H and O–H groups in total. The lowest BCUT2D eigenvalue weighted by atomic mass is 9.91. The molecule has 1 aliphatic carbocycles. The van der Waals surface area contributed by atoms with Crippen LogP contribution in [0.15, 0.2) is 30.7 Å². The van der Waals surface area contributed by atoms with E-state index in [0.29, 0.717) is 35.7 Å². The third-order valence-corrected chi connectivity index (χ3v) is 6.03. The number of fused-ring (bicyclic) bond motifs is 1. The van der Waals surface area contributed by atoms with Crippen molar-refractivity contribution in [1.82, 2.24) is 30.2 Å². The van der Waals surface area contributed by atoms with Gasteiger partial charge < -0.3 is 25.8 Å². The van der Waals surface area contributed by atoms with Crippen LogP contribution in [0.5, 0.6) is 5.88 Å². The summed E-state index contributed by atoms with van der Waals surface area (Å²) >= 11 is 0. The average Bonchev–Trinajstić information content (AvgIpc) is 3.25. The third-order valence-electron chi connectivity index (χ3n) is 6.03. The first-order valence-electron chi connectivity index (χ1n) is 11.2. The van der Waals surface area contributed by atoms with Crippen LogP contribution in [0.4, 0.5) is 5.82 Å². The minimum atomic E-state index is -0.237. The van der Waals surface area contributed by atoms with Gasteiger partial charge in [0.15, 0.2) is 5.82 Å². The number of amides is 2. The summed E-state index contributed by atoms with van der Waals surface area (Å²) in [6.45, 7) is 0.407. The molecule has 3 aromatic rings. The van der Waals surface area contributed by atoms with Crippen molar-refractivity contribution >= 4 is 23.1 Å². The van der Waals surface area contributed by atoms with Gasteiger partial charge in [-0.1, -0.05) is 0 Å². The summed E-state index contributed by atoms with van der Waals surface area (Å²) in [5, 5.41) is 10.5. The summed E-state index contributed by atoms with van der Waals surface area (Å²) in [5.74, 6) is 0.422. The Labute approximate surface area is 197 Å². The van der Waals surface area contributed by atoms with Gasteiger partial charge in [0.2, 0.25) is 11.8 Å². The van der Waals surface area contributed by atoms with Gasteiger partial charge in [-0.3, -0.25) is 9.59 Å². The Morgan fingerprint density at radius 1 is 1.12 bits per heavy atom. The Morgan fingerprint density at radius 3 is 2.56 bits per heavy atom. The smallest absolute Gasteiger partial charge is 0.253 e. The Morgan fingerprint density at radius 2 is 1.85 bits per heavy atom. The second-order valence-corrected chi connectivity index (χ2v) is 8.27. The quantitative estimate of drug-likeness (QED) is 0.453. The minimum Gasteiger partial charge on any atom is -0.481 e. The first kappa shape index (κ1) is 23.4. The lowest BCUT2D eigenvalue weighted by molar-refractivity contribution is -0.122. The fourth-order valence-electron chi connectivity index (χ4n) is 4.27. The maximum absolute atomic E-state index is 13.3. The van der Waals surface area contributed by atoms with Crippen LogP contribution < -0.4 is 21.1 Å². The molecular weight excluding hydrogens is 438 g/mol. The second kappa shape index (κ2) is 10.5. The van der Waals surface area contributed by atoms with Gasteiger partial charge in [-0.2, -0.15) is 5.10 Å². The Hall–Kier alpha value is -3.73. The van der Waals surface area contributed by atoms with E-state index >= 15 is 0 Å². The normalized spacial score (nSPS) is 17.9. The fourth-order valence-corrected chi connectivity index (χ4v) is 4.27. The van der Waals surface area contributed by atoms with Crippen molar-refractivity contribution in [2.24, 2.45) is 0 Å². The Bertz CT molecular complexity index is 1170. The van der Waals surface area contributed by atoms with Gasteiger partial charge in [-0.15, -0.1) is 0 Å². The summed E-state index contributed by atoms with van der Waals surface area (Å²) in [6, 6.07) is 5.46. The van der Waals surface area contributed by atoms with E-state index in [4.69, 9.17) is 15.2 Å². The predicted octanol–water partition coefficient (Wildman–Crippen LogP) is 1.58. The number of ether oxygens (including phenoxy) is 2. The number of methoxy groups -OCH3 is 2. The number of hydrogen-bond acceptors (Lipinski definition) is 8. The molecular formula is C23H29N7O4. The van der Waals surface area contributed by atoms with Gasteiger partial charge in [-0.25, -0.2) is 14.5 Å². The number of rotatable bonds is 8. The molecule has 11 heteroatoms. The Balaban J connectivity index is 1.49. The monoisotopic (exact) mass is 467 g/mol. The van der Waals surface area contributed by atoms with Crippen LogP contribution in [-0.4, -0.2) is 64.3 Å². The zero-order valence-corrected chi connectivity index (χ0v) is 19.3. The molecule has 0 saturated heterocycles. The van der Waals surface area contributed by atoms with Gasteiger partial charge in [-0.05, 0) is 37.8 Å². The van der Waals surface area contributed by atoms with Crippen molar-refractivity contribution < 1.29 is 19.1 Å². The number of nitrogens with one attached hydrogen (secondary N) is 2. The molecule has 180 valence electrons. The van der Waals surface area contributed by atoms with Crippen LogP contribution in [0, 0.1) is 0 Å². The van der Waals surface area contributed by atoms with Gasteiger partial charge >= 0.3 is 0 Å². The lowest BCUT2D eigenvalue weighted by Crippen LogP contribution is -2.44. The number of carbonyl (C=O) groups excluding carboxylic acids is 2. The molecule has 11 nitrogen and oxygen atoms in total. The third kappa shape index (κ3) is 5.09. The van der Waals surface area contributed by atoms with E-state index in [1.165, 1.54) is 6.33 Å². The SMILES string of the molecule is COCCC(=O)N[C@H]1CC[C@H](NC(=O)c2cc(-c3ccnc(OC)c3)n3ncnc(N)c23)CC1. The highest BCUT2D eigenvalue weighted by atomic mass is 16.5. The molecule has 4 rings (SSSR count). The first-order valence-corrected chi connectivity index (χ1v) is 11.2. The summed E-state index contributed by atoms with van der Waals surface area (Å²) in [5.41, 5.74) is 8.45. The number of carbonyl (C=O) groups is 2. The lowest BCUT2D eigenvalue weighted by Gasteiger charge is -2.29. The Kier molecular flexibility index (Phi) is 7.21. The molecule has 1 aliphatic rings. The standard InChI is InChI=1S/C23H29N7O4/c1-33-10-8-19(31)28-15-3-5-16(6-4-15)29-23(32)17-12-18(14-7-9-25-20(11-14)34-2)30-21(17)22(24)26-13-27-30/h7,9,11-13,15-16H,3-6,8,10H2,1-2H3,(H,28,31)(H,29,32)(H2,24,26,27)/t15-,16-. The van der Waals surface area contributed by atoms with Crippen LogP contribution in [0.3, 0.4) is 0 Å². The number of anilines is 1. The largest absolute Gasteiger partial charge is 0.481 e. The molecule has 0 unspecified atom stereocenters. The van der Waals surface area contributed by atoms with Crippen LogP contribution >= 0.6 is 0 Å². The highest BCUT2D eigenvalue weighted by Crippen LogP contribution is 2.29. The maximum atomic E-state index is 13.3. The van der Waals surface area contributed by atoms with Crippen molar-refractivity contribution in [2.75, 3.05) is 26.6 Å². The zero-order valence-electron chi connectivity index (χ0n) is 19.3. The molecule has 1 fully saturated rings. The number of aromatic nitrogens is 4. The molecule has 0 atom stereocenters. The molecule has 34 heavy (non-hydrogen) atoms. The molecule has 3 heterocycles. The highest BCUT2D eigenvalue weighted by Gasteiger charge is 2.26. The van der Waals surface area contributed by atoms with Crippen molar-refractivity contribution in [3.05, 3.63) is 36.3 Å². The van der Waals surface area contributed by atoms with Crippen molar-refractivity contribution in [3.8, 4) is 17.1 Å². The number of pyridine rings is 1. The van der Waals surface area contributed by atoms with Crippen molar-refractivity contribution in [2.45, 2.75) is 44.2 Å². The average molecular weight is 468 g/mol. The number of nitrogen functional groups attached to an aromatic ring is 1. The number of hydrogen-bond donors (Lipinski definition) is 3. The molecule has 2 amide bonds. The van der Waals surface area contributed by atoms with E-state index in [1.54, 1.807) is 37.1 Å². The highest BCUT2D eigenvalue weighted by molar-refractivity contribution is 6.05. The van der Waals surface area contributed by atoms with E-state index < -0.39 is 0 Å². The van der Waals surface area contributed by atoms with Crippen LogP contribution in [-0.2, 0) is 9.53 Å². The van der Waals surface area contributed by atoms with Crippen LogP contribution in [0.1, 0.15) is 42.5 Å². The summed E-state index contributed by atoms with van der Waals surface area (Å²) < 4.78 is 11.8. The molecule has 0 spiro atoms. The number of nitrogens with zero attached hydrogens (tertiary/aromatic N) is 4. The van der Waals surface area contributed by atoms with Gasteiger partial charge in [0.1, 0.15) is 11.8 Å². The van der Waals surface area contributed by atoms with Gasteiger partial charge in [0, 0.05) is 43.4 Å². The van der Waals surface area contributed by atoms with E-state index in [2.05, 4.69) is 25.7 Å². The van der Waals surface area contributed by atoms with E-state index in [1.807, 2.05) is 6.07 Å². The molecule has 0 radical (unpaired) electrons.